The van der Waals surface area contributed by atoms with Crippen LogP contribution >= 0.6 is 0 Å². The molecule has 0 bridgehead atoms. The number of fused-ring (bicyclic) bond motifs is 1. The molecule has 4 rings (SSSR count). The van der Waals surface area contributed by atoms with E-state index in [4.69, 9.17) is 29.5 Å². The van der Waals surface area contributed by atoms with E-state index in [2.05, 4.69) is 20.8 Å². The average Bonchev–Trinajstić information content (AvgIpc) is 3.34. The number of anilines is 1. The third-order valence-corrected chi connectivity index (χ3v) is 13.7. The molecule has 0 unspecified atom stereocenters. The van der Waals surface area contributed by atoms with Crippen molar-refractivity contribution in [1.82, 2.24) is 14.7 Å². The predicted molar refractivity (Wildman–Crippen MR) is 193 cm³/mol. The monoisotopic (exact) mass is 680 g/mol. The summed E-state index contributed by atoms with van der Waals surface area (Å²) in [5, 5.41) is 5.64. The summed E-state index contributed by atoms with van der Waals surface area (Å²) in [6.07, 6.45) is 1.92. The number of rotatable bonds is 13. The van der Waals surface area contributed by atoms with Gasteiger partial charge in [-0.15, -0.1) is 0 Å². The summed E-state index contributed by atoms with van der Waals surface area (Å²) in [5.74, 6) is 0.893. The molecule has 10 nitrogen and oxygen atoms in total. The Morgan fingerprint density at radius 3 is 2.21 bits per heavy atom. The fourth-order valence-corrected chi connectivity index (χ4v) is 8.78. The van der Waals surface area contributed by atoms with Gasteiger partial charge in [0.1, 0.15) is 23.6 Å². The molecule has 1 fully saturated rings. The van der Waals surface area contributed by atoms with Gasteiger partial charge in [-0.1, -0.05) is 39.3 Å². The van der Waals surface area contributed by atoms with Gasteiger partial charge in [-0.05, 0) is 102 Å². The van der Waals surface area contributed by atoms with Gasteiger partial charge < -0.3 is 29.3 Å². The van der Waals surface area contributed by atoms with Crippen LogP contribution in [0.15, 0.2) is 42.5 Å². The van der Waals surface area contributed by atoms with Crippen molar-refractivity contribution in [3.8, 4) is 5.75 Å². The summed E-state index contributed by atoms with van der Waals surface area (Å²) in [4.78, 5) is 28.5. The fraction of sp³-hybridized carbons (Fsp3) is 0.595. The summed E-state index contributed by atoms with van der Waals surface area (Å²) in [6, 6.07) is 16.3. The van der Waals surface area contributed by atoms with Crippen LogP contribution in [0.1, 0.15) is 105 Å². The van der Waals surface area contributed by atoms with Crippen LogP contribution in [0, 0.1) is 0 Å². The van der Waals surface area contributed by atoms with E-state index in [0.717, 1.165) is 54.0 Å². The molecule has 264 valence electrons. The molecule has 0 radical (unpaired) electrons. The Bertz CT molecular complexity index is 1540. The summed E-state index contributed by atoms with van der Waals surface area (Å²) < 4.78 is 26.1. The largest absolute Gasteiger partial charge is 0.492 e. The number of carbonyl (C=O) groups excluding carboxylic acids is 2. The standard InChI is InChI=1S/C37H56N4O6Si/c1-10-48(11-2,12-3)47-32(27-17-14-18-28(38)23-27)25-40(34(42)45-36(4,5)6)21-22-44-29-19-20-30-31(24-29)41(35(43)46-37(7,8)9)39-33(30)26-15-13-16-26/h14,17-20,23-24,26,32H,10-13,15-16,21-22,25,38H2,1-9H3/t32-/m0/s1. The summed E-state index contributed by atoms with van der Waals surface area (Å²) in [6.45, 7) is 18.4. The number of carbonyl (C=O) groups is 2. The first-order valence-electron chi connectivity index (χ1n) is 17.5. The number of hydrogen-bond acceptors (Lipinski definition) is 8. The van der Waals surface area contributed by atoms with Gasteiger partial charge in [-0.2, -0.15) is 9.78 Å². The van der Waals surface area contributed by atoms with Gasteiger partial charge in [0, 0.05) is 23.1 Å². The minimum atomic E-state index is -2.07. The molecule has 11 heteroatoms. The lowest BCUT2D eigenvalue weighted by Crippen LogP contribution is -2.45. The molecule has 2 N–H and O–H groups in total. The van der Waals surface area contributed by atoms with E-state index < -0.39 is 31.7 Å². The quantitative estimate of drug-likeness (QED) is 0.140. The molecule has 3 aromatic rings. The molecule has 2 aromatic carbocycles. The summed E-state index contributed by atoms with van der Waals surface area (Å²) in [7, 11) is -2.07. The van der Waals surface area contributed by atoms with Crippen molar-refractivity contribution in [2.45, 2.75) is 123 Å². The van der Waals surface area contributed by atoms with Crippen molar-refractivity contribution in [2.75, 3.05) is 25.4 Å². The highest BCUT2D eigenvalue weighted by Crippen LogP contribution is 2.40. The van der Waals surface area contributed by atoms with Crippen LogP contribution in [0.4, 0.5) is 15.3 Å². The molecule has 1 aromatic heterocycles. The van der Waals surface area contributed by atoms with E-state index >= 15 is 0 Å². The molecule has 48 heavy (non-hydrogen) atoms. The van der Waals surface area contributed by atoms with E-state index in [1.54, 1.807) is 4.90 Å². The van der Waals surface area contributed by atoms with Crippen LogP contribution in [0.25, 0.3) is 10.9 Å². The molecule has 0 saturated heterocycles. The minimum Gasteiger partial charge on any atom is -0.492 e. The smallest absolute Gasteiger partial charge is 0.435 e. The second-order valence-electron chi connectivity index (χ2n) is 14.9. The first kappa shape index (κ1) is 37.2. The van der Waals surface area contributed by atoms with E-state index in [9.17, 15) is 9.59 Å². The summed E-state index contributed by atoms with van der Waals surface area (Å²) in [5.41, 5.74) is 8.00. The Morgan fingerprint density at radius 2 is 1.65 bits per heavy atom. The van der Waals surface area contributed by atoms with Crippen molar-refractivity contribution in [3.63, 3.8) is 0 Å². The molecular weight excluding hydrogens is 625 g/mol. The minimum absolute atomic E-state index is 0.197. The lowest BCUT2D eigenvalue weighted by atomic mass is 9.82. The maximum absolute atomic E-state index is 13.6. The molecule has 1 aliphatic carbocycles. The molecule has 0 spiro atoms. The highest BCUT2D eigenvalue weighted by atomic mass is 28.4. The zero-order valence-corrected chi connectivity index (χ0v) is 31.4. The fourth-order valence-electron chi connectivity index (χ4n) is 5.97. The number of ether oxygens (including phenoxy) is 3. The highest BCUT2D eigenvalue weighted by Gasteiger charge is 2.35. The van der Waals surface area contributed by atoms with Gasteiger partial charge in [0.05, 0.1) is 30.4 Å². The van der Waals surface area contributed by atoms with Crippen LogP contribution in [0.3, 0.4) is 0 Å². The van der Waals surface area contributed by atoms with Crippen molar-refractivity contribution >= 4 is 37.1 Å². The Morgan fingerprint density at radius 1 is 0.979 bits per heavy atom. The normalized spacial score (nSPS) is 14.8. The third-order valence-electron chi connectivity index (χ3n) is 9.01. The van der Waals surface area contributed by atoms with Crippen LogP contribution in [-0.4, -0.2) is 66.1 Å². The zero-order valence-electron chi connectivity index (χ0n) is 30.4. The van der Waals surface area contributed by atoms with Gasteiger partial charge in [0.2, 0.25) is 0 Å². The number of amides is 1. The zero-order chi connectivity index (χ0) is 35.3. The van der Waals surface area contributed by atoms with Crippen molar-refractivity contribution in [3.05, 3.63) is 53.7 Å². The number of nitrogens with two attached hydrogens (primary N) is 1. The van der Waals surface area contributed by atoms with Crippen molar-refractivity contribution in [1.29, 1.82) is 0 Å². The Balaban J connectivity index is 1.60. The highest BCUT2D eigenvalue weighted by molar-refractivity contribution is 6.73. The number of benzene rings is 2. The molecule has 1 heterocycles. The predicted octanol–water partition coefficient (Wildman–Crippen LogP) is 9.05. The van der Waals surface area contributed by atoms with Crippen molar-refractivity contribution in [2.24, 2.45) is 0 Å². The van der Waals surface area contributed by atoms with Crippen LogP contribution in [0.2, 0.25) is 18.1 Å². The molecular formula is C37H56N4O6Si. The van der Waals surface area contributed by atoms with Crippen LogP contribution in [0.5, 0.6) is 5.75 Å². The molecule has 1 amide bonds. The van der Waals surface area contributed by atoms with E-state index in [0.29, 0.717) is 22.9 Å². The maximum Gasteiger partial charge on any atom is 0.435 e. The number of aromatic nitrogens is 2. The second kappa shape index (κ2) is 15.3. The van der Waals surface area contributed by atoms with Gasteiger partial charge in [0.15, 0.2) is 8.32 Å². The Hall–Kier alpha value is -3.57. The van der Waals surface area contributed by atoms with Gasteiger partial charge in [-0.25, -0.2) is 9.59 Å². The Kier molecular flexibility index (Phi) is 11.9. The van der Waals surface area contributed by atoms with E-state index in [-0.39, 0.29) is 25.8 Å². The molecule has 1 aliphatic rings. The lowest BCUT2D eigenvalue weighted by Gasteiger charge is -2.36. The van der Waals surface area contributed by atoms with E-state index in [1.165, 1.54) is 4.68 Å². The SMILES string of the molecule is CC[Si](CC)(CC)O[C@@H](CN(CCOc1ccc2c(C3CCC3)nn(C(=O)OC(C)(C)C)c2c1)C(=O)OC(C)(C)C)c1cccc(N)c1. The third kappa shape index (κ3) is 9.53. The first-order chi connectivity index (χ1) is 22.6. The molecule has 1 atom stereocenters. The van der Waals surface area contributed by atoms with E-state index in [1.807, 2.05) is 84.0 Å². The second-order valence-corrected chi connectivity index (χ2v) is 19.6. The Labute approximate surface area is 287 Å². The molecule has 0 aliphatic heterocycles. The number of nitrogens with zero attached hydrogens (tertiary/aromatic N) is 3. The van der Waals surface area contributed by atoms with Gasteiger partial charge in [-0.3, -0.25) is 0 Å². The maximum atomic E-state index is 13.6. The molecule has 1 saturated carbocycles. The van der Waals surface area contributed by atoms with Crippen molar-refractivity contribution < 1.29 is 28.2 Å². The average molecular weight is 681 g/mol. The van der Waals surface area contributed by atoms with Crippen LogP contribution in [-0.2, 0) is 13.9 Å². The topological polar surface area (TPSA) is 118 Å². The number of nitrogen functional groups attached to an aromatic ring is 1. The summed E-state index contributed by atoms with van der Waals surface area (Å²) >= 11 is 0. The lowest BCUT2D eigenvalue weighted by molar-refractivity contribution is 0.0131. The first-order valence-corrected chi connectivity index (χ1v) is 20.0. The van der Waals surface area contributed by atoms with Gasteiger partial charge in [0.25, 0.3) is 0 Å². The van der Waals surface area contributed by atoms with Gasteiger partial charge >= 0.3 is 12.2 Å². The number of hydrogen-bond donors (Lipinski definition) is 1. The van der Waals surface area contributed by atoms with Crippen LogP contribution < -0.4 is 10.5 Å².